The Bertz CT molecular complexity index is 318. The van der Waals surface area contributed by atoms with Crippen molar-refractivity contribution < 1.29 is 22.7 Å². The molecule has 0 saturated carbocycles. The van der Waals surface area contributed by atoms with Gasteiger partial charge in [-0.3, -0.25) is 9.69 Å². The van der Waals surface area contributed by atoms with Crippen LogP contribution in [0.15, 0.2) is 0 Å². The Morgan fingerprint density at radius 2 is 1.81 bits per heavy atom. The summed E-state index contributed by atoms with van der Waals surface area (Å²) in [6, 6.07) is -0.363. The van der Waals surface area contributed by atoms with E-state index in [1.165, 1.54) is 4.90 Å². The third-order valence-corrected chi connectivity index (χ3v) is 3.52. The predicted octanol–water partition coefficient (Wildman–Crippen LogP) is 0.708. The first-order valence-corrected chi connectivity index (χ1v) is 7.21. The fourth-order valence-electron chi connectivity index (χ4n) is 2.36. The van der Waals surface area contributed by atoms with Crippen LogP contribution >= 0.6 is 0 Å². The summed E-state index contributed by atoms with van der Waals surface area (Å²) in [5, 5.41) is 2.91. The summed E-state index contributed by atoms with van der Waals surface area (Å²) >= 11 is 0. The van der Waals surface area contributed by atoms with Gasteiger partial charge < -0.3 is 15.0 Å². The van der Waals surface area contributed by atoms with Gasteiger partial charge in [-0.1, -0.05) is 0 Å². The first-order valence-electron chi connectivity index (χ1n) is 7.21. The second-order valence-electron chi connectivity index (χ2n) is 5.11. The van der Waals surface area contributed by atoms with E-state index in [-0.39, 0.29) is 12.0 Å². The number of carbonyl (C=O) groups excluding carboxylic acids is 1. The maximum Gasteiger partial charge on any atom is 0.401 e. The molecule has 0 aromatic heterocycles. The lowest BCUT2D eigenvalue weighted by Crippen LogP contribution is -2.50. The summed E-state index contributed by atoms with van der Waals surface area (Å²) in [7, 11) is 1.70. The first-order chi connectivity index (χ1) is 9.85. The Labute approximate surface area is 123 Å². The lowest BCUT2D eigenvalue weighted by Gasteiger charge is -2.35. The molecule has 1 atom stereocenters. The Hall–Kier alpha value is -0.860. The molecule has 0 radical (unpaired) electrons. The molecule has 8 heteroatoms. The van der Waals surface area contributed by atoms with Crippen LogP contribution in [0.2, 0.25) is 0 Å². The second-order valence-corrected chi connectivity index (χ2v) is 5.11. The zero-order valence-corrected chi connectivity index (χ0v) is 12.6. The molecule has 1 aliphatic heterocycles. The standard InChI is InChI=1S/C13H24F3N3O2/c1-3-21-12(20)11(17-2)4-5-18-6-8-19(9-7-18)10-13(14,15)16/h11,17H,3-10H2,1-2H3. The number of halogens is 3. The highest BCUT2D eigenvalue weighted by Gasteiger charge is 2.32. The van der Waals surface area contributed by atoms with Crippen molar-refractivity contribution in [1.82, 2.24) is 15.1 Å². The molecule has 1 saturated heterocycles. The molecule has 5 nitrogen and oxygen atoms in total. The number of likely N-dealkylation sites (N-methyl/N-ethyl adjacent to an activating group) is 1. The monoisotopic (exact) mass is 311 g/mol. The number of rotatable bonds is 7. The van der Waals surface area contributed by atoms with Gasteiger partial charge in [-0.25, -0.2) is 0 Å². The van der Waals surface area contributed by atoms with Crippen molar-refractivity contribution in [2.45, 2.75) is 25.6 Å². The van der Waals surface area contributed by atoms with Gasteiger partial charge in [0.15, 0.2) is 0 Å². The van der Waals surface area contributed by atoms with Gasteiger partial charge in [0.05, 0.1) is 13.2 Å². The Morgan fingerprint density at radius 3 is 2.29 bits per heavy atom. The topological polar surface area (TPSA) is 44.8 Å². The molecule has 0 amide bonds. The van der Waals surface area contributed by atoms with E-state index in [9.17, 15) is 18.0 Å². The third-order valence-electron chi connectivity index (χ3n) is 3.52. The molecule has 1 aliphatic rings. The fraction of sp³-hybridized carbons (Fsp3) is 0.923. The minimum atomic E-state index is -4.14. The SMILES string of the molecule is CCOC(=O)C(CCN1CCN(CC(F)(F)F)CC1)NC. The number of nitrogens with one attached hydrogen (secondary N) is 1. The van der Waals surface area contributed by atoms with Gasteiger partial charge in [0.25, 0.3) is 0 Å². The number of hydrogen-bond acceptors (Lipinski definition) is 5. The lowest BCUT2D eigenvalue weighted by molar-refractivity contribution is -0.150. The van der Waals surface area contributed by atoms with E-state index >= 15 is 0 Å². The zero-order valence-electron chi connectivity index (χ0n) is 12.6. The molecule has 0 aromatic carbocycles. The van der Waals surface area contributed by atoms with Crippen LogP contribution in [0.4, 0.5) is 13.2 Å². The maximum atomic E-state index is 12.3. The third kappa shape index (κ3) is 7.10. The minimum Gasteiger partial charge on any atom is -0.465 e. The molecule has 0 aliphatic carbocycles. The molecule has 0 bridgehead atoms. The van der Waals surface area contributed by atoms with Crippen LogP contribution in [-0.2, 0) is 9.53 Å². The van der Waals surface area contributed by atoms with Gasteiger partial charge in [0.2, 0.25) is 0 Å². The van der Waals surface area contributed by atoms with Crippen LogP contribution in [-0.4, -0.2) is 80.9 Å². The Kier molecular flexibility index (Phi) is 7.41. The summed E-state index contributed by atoms with van der Waals surface area (Å²) < 4.78 is 41.8. The molecule has 1 heterocycles. The zero-order chi connectivity index (χ0) is 15.9. The van der Waals surface area contributed by atoms with E-state index in [1.54, 1.807) is 14.0 Å². The van der Waals surface area contributed by atoms with Gasteiger partial charge in [-0.2, -0.15) is 13.2 Å². The number of piperazine rings is 1. The van der Waals surface area contributed by atoms with Crippen molar-refractivity contribution in [2.24, 2.45) is 0 Å². The summed E-state index contributed by atoms with van der Waals surface area (Å²) in [6.07, 6.45) is -3.54. The van der Waals surface area contributed by atoms with Crippen molar-refractivity contribution in [3.05, 3.63) is 0 Å². The molecule has 124 valence electrons. The highest BCUT2D eigenvalue weighted by Crippen LogP contribution is 2.17. The molecule has 0 spiro atoms. The van der Waals surface area contributed by atoms with Crippen LogP contribution < -0.4 is 5.32 Å². The number of hydrogen-bond donors (Lipinski definition) is 1. The molecular formula is C13H24F3N3O2. The largest absolute Gasteiger partial charge is 0.465 e. The summed E-state index contributed by atoms with van der Waals surface area (Å²) in [5.74, 6) is -0.282. The van der Waals surface area contributed by atoms with Crippen LogP contribution in [0.1, 0.15) is 13.3 Å². The molecule has 1 unspecified atom stereocenters. The summed E-state index contributed by atoms with van der Waals surface area (Å²) in [5.41, 5.74) is 0. The van der Waals surface area contributed by atoms with Gasteiger partial charge in [0, 0.05) is 32.7 Å². The van der Waals surface area contributed by atoms with Crippen molar-refractivity contribution in [3.63, 3.8) is 0 Å². The van der Waals surface area contributed by atoms with Crippen LogP contribution in [0, 0.1) is 0 Å². The van der Waals surface area contributed by atoms with Gasteiger partial charge >= 0.3 is 12.1 Å². The molecule has 21 heavy (non-hydrogen) atoms. The fourth-order valence-corrected chi connectivity index (χ4v) is 2.36. The first kappa shape index (κ1) is 18.2. The predicted molar refractivity (Wildman–Crippen MR) is 73.0 cm³/mol. The van der Waals surface area contributed by atoms with Crippen molar-refractivity contribution >= 4 is 5.97 Å². The normalized spacial score (nSPS) is 19.5. The maximum absolute atomic E-state index is 12.3. The van der Waals surface area contributed by atoms with E-state index in [0.29, 0.717) is 45.8 Å². The number of carbonyl (C=O) groups is 1. The van der Waals surface area contributed by atoms with Gasteiger partial charge in [-0.05, 0) is 20.4 Å². The van der Waals surface area contributed by atoms with Crippen molar-refractivity contribution in [1.29, 1.82) is 0 Å². The highest BCUT2D eigenvalue weighted by atomic mass is 19.4. The summed E-state index contributed by atoms with van der Waals surface area (Å²) in [4.78, 5) is 15.1. The van der Waals surface area contributed by atoms with Gasteiger partial charge in [0.1, 0.15) is 6.04 Å². The van der Waals surface area contributed by atoms with E-state index in [2.05, 4.69) is 10.2 Å². The molecule has 1 fully saturated rings. The van der Waals surface area contributed by atoms with E-state index in [1.807, 2.05) is 0 Å². The molecular weight excluding hydrogens is 287 g/mol. The van der Waals surface area contributed by atoms with Crippen LogP contribution in [0.5, 0.6) is 0 Å². The average molecular weight is 311 g/mol. The number of ether oxygens (including phenoxy) is 1. The van der Waals surface area contributed by atoms with Crippen LogP contribution in [0.25, 0.3) is 0 Å². The van der Waals surface area contributed by atoms with Crippen molar-refractivity contribution in [3.8, 4) is 0 Å². The van der Waals surface area contributed by atoms with E-state index in [4.69, 9.17) is 4.74 Å². The molecule has 0 aromatic rings. The molecule has 1 rings (SSSR count). The van der Waals surface area contributed by atoms with E-state index < -0.39 is 12.7 Å². The number of nitrogens with zero attached hydrogens (tertiary/aromatic N) is 2. The Morgan fingerprint density at radius 1 is 1.24 bits per heavy atom. The number of alkyl halides is 3. The Balaban J connectivity index is 2.27. The molecule has 1 N–H and O–H groups in total. The number of esters is 1. The van der Waals surface area contributed by atoms with Crippen LogP contribution in [0.3, 0.4) is 0 Å². The van der Waals surface area contributed by atoms with Gasteiger partial charge in [-0.15, -0.1) is 0 Å². The average Bonchev–Trinajstić information content (AvgIpc) is 2.40. The lowest BCUT2D eigenvalue weighted by atomic mass is 10.2. The quantitative estimate of drug-likeness (QED) is 0.702. The second kappa shape index (κ2) is 8.55. The summed E-state index contributed by atoms with van der Waals surface area (Å²) in [6.45, 7) is 3.92. The highest BCUT2D eigenvalue weighted by molar-refractivity contribution is 5.75. The smallest absolute Gasteiger partial charge is 0.401 e. The van der Waals surface area contributed by atoms with Crippen molar-refractivity contribution in [2.75, 3.05) is 52.9 Å². The van der Waals surface area contributed by atoms with E-state index in [0.717, 1.165) is 0 Å². The minimum absolute atomic E-state index is 0.282.